The van der Waals surface area contributed by atoms with Crippen LogP contribution < -0.4 is 5.32 Å². The summed E-state index contributed by atoms with van der Waals surface area (Å²) >= 11 is 8.38. The van der Waals surface area contributed by atoms with Gasteiger partial charge in [-0.15, -0.1) is 0 Å². The molecule has 0 radical (unpaired) electrons. The van der Waals surface area contributed by atoms with Crippen molar-refractivity contribution >= 4 is 63.9 Å². The maximum Gasteiger partial charge on any atom is 0.337 e. The van der Waals surface area contributed by atoms with E-state index < -0.39 is 5.97 Å². The minimum Gasteiger partial charge on any atom is -0.478 e. The van der Waals surface area contributed by atoms with Crippen LogP contribution in [0.2, 0.25) is 5.02 Å². The van der Waals surface area contributed by atoms with Crippen LogP contribution in [-0.2, 0) is 4.79 Å². The number of carboxylic acids is 1. The van der Waals surface area contributed by atoms with Crippen LogP contribution in [0.4, 0.5) is 5.69 Å². The molecule has 1 saturated heterocycles. The first-order chi connectivity index (χ1) is 14.5. The molecule has 4 rings (SSSR count). The molecule has 0 atom stereocenters. The summed E-state index contributed by atoms with van der Waals surface area (Å²) in [5.41, 5.74) is 0.310. The molecule has 3 aromatic rings. The molecule has 3 heterocycles. The molecule has 1 amide bonds. The molecule has 0 saturated carbocycles. The van der Waals surface area contributed by atoms with Crippen molar-refractivity contribution in [1.82, 2.24) is 10.3 Å². The monoisotopic (exact) mass is 457 g/mol. The number of amidine groups is 1. The van der Waals surface area contributed by atoms with E-state index in [1.165, 1.54) is 23.9 Å². The van der Waals surface area contributed by atoms with Crippen molar-refractivity contribution in [3.05, 3.63) is 76.0 Å². The highest BCUT2D eigenvalue weighted by Crippen LogP contribution is 2.32. The Hall–Kier alpha value is -3.01. The van der Waals surface area contributed by atoms with Crippen LogP contribution in [-0.4, -0.2) is 27.1 Å². The van der Waals surface area contributed by atoms with E-state index in [0.717, 1.165) is 16.8 Å². The lowest BCUT2D eigenvalue weighted by molar-refractivity contribution is -0.115. The van der Waals surface area contributed by atoms with E-state index in [0.29, 0.717) is 26.6 Å². The summed E-state index contributed by atoms with van der Waals surface area (Å²) in [5, 5.41) is 13.7. The number of nitrogens with one attached hydrogen (secondary N) is 1. The fourth-order valence-corrected chi connectivity index (χ4v) is 4.21. The molecule has 30 heavy (non-hydrogen) atoms. The number of aromatic nitrogens is 1. The normalized spacial score (nSPS) is 16.2. The molecule has 0 bridgehead atoms. The Bertz CT molecular complexity index is 1190. The SMILES string of the molecule is O=C1NC(=Nc2ccc(Cl)c(C(=O)O)c2)S/C1=C\c1ccc(Sc2ccccn2)o1. The standard InChI is InChI=1S/C20H12ClN3O4S2/c21-14-6-4-11(9-13(14)19(26)27)23-20-24-18(25)15(29-20)10-12-5-7-17(28-12)30-16-3-1-2-8-22-16/h1-10H,(H,26,27)(H,23,24,25)/b15-10-. The highest BCUT2D eigenvalue weighted by Gasteiger charge is 2.24. The Labute approximate surface area is 184 Å². The summed E-state index contributed by atoms with van der Waals surface area (Å²) < 4.78 is 5.74. The number of aliphatic imine (C=N–C) groups is 1. The van der Waals surface area contributed by atoms with Gasteiger partial charge in [0.25, 0.3) is 5.91 Å². The second-order valence-corrected chi connectivity index (χ2v) is 8.34. The number of thioether (sulfide) groups is 1. The van der Waals surface area contributed by atoms with Gasteiger partial charge in [0.2, 0.25) is 0 Å². The lowest BCUT2D eigenvalue weighted by Gasteiger charge is -2.01. The van der Waals surface area contributed by atoms with Crippen molar-refractivity contribution in [3.8, 4) is 0 Å². The molecule has 1 fully saturated rings. The highest BCUT2D eigenvalue weighted by molar-refractivity contribution is 8.18. The lowest BCUT2D eigenvalue weighted by Crippen LogP contribution is -2.19. The minimum atomic E-state index is -1.15. The van der Waals surface area contributed by atoms with Crippen molar-refractivity contribution in [2.75, 3.05) is 0 Å². The summed E-state index contributed by atoms with van der Waals surface area (Å²) in [6.45, 7) is 0. The zero-order valence-electron chi connectivity index (χ0n) is 15.0. The van der Waals surface area contributed by atoms with Gasteiger partial charge in [0.05, 0.1) is 21.2 Å². The van der Waals surface area contributed by atoms with Gasteiger partial charge in [-0.1, -0.05) is 17.7 Å². The Morgan fingerprint density at radius 1 is 1.27 bits per heavy atom. The Morgan fingerprint density at radius 2 is 2.13 bits per heavy atom. The Balaban J connectivity index is 1.50. The largest absolute Gasteiger partial charge is 0.478 e. The zero-order chi connectivity index (χ0) is 21.1. The second kappa shape index (κ2) is 8.78. The summed E-state index contributed by atoms with van der Waals surface area (Å²) in [5.74, 6) is -0.948. The summed E-state index contributed by atoms with van der Waals surface area (Å²) in [7, 11) is 0. The summed E-state index contributed by atoms with van der Waals surface area (Å²) in [4.78, 5) is 32.4. The number of carboxylic acid groups (broad SMARTS) is 1. The number of carbonyl (C=O) groups is 2. The predicted octanol–water partition coefficient (Wildman–Crippen LogP) is 5.07. The Morgan fingerprint density at radius 3 is 2.90 bits per heavy atom. The van der Waals surface area contributed by atoms with E-state index in [9.17, 15) is 9.59 Å². The first kappa shape index (κ1) is 20.3. The van der Waals surface area contributed by atoms with E-state index in [4.69, 9.17) is 21.1 Å². The number of furan rings is 1. The number of hydrogen-bond acceptors (Lipinski definition) is 7. The van der Waals surface area contributed by atoms with Gasteiger partial charge in [-0.05, 0) is 66.0 Å². The van der Waals surface area contributed by atoms with Gasteiger partial charge >= 0.3 is 5.97 Å². The summed E-state index contributed by atoms with van der Waals surface area (Å²) in [6, 6.07) is 13.5. The first-order valence-electron chi connectivity index (χ1n) is 8.49. The van der Waals surface area contributed by atoms with Crippen LogP contribution in [0.5, 0.6) is 0 Å². The number of hydrogen-bond donors (Lipinski definition) is 2. The van der Waals surface area contributed by atoms with Crippen molar-refractivity contribution in [2.45, 2.75) is 10.1 Å². The third-order valence-electron chi connectivity index (χ3n) is 3.78. The third kappa shape index (κ3) is 4.76. The number of benzene rings is 1. The Kier molecular flexibility index (Phi) is 5.93. The summed E-state index contributed by atoms with van der Waals surface area (Å²) in [6.07, 6.45) is 3.32. The molecule has 7 nitrogen and oxygen atoms in total. The zero-order valence-corrected chi connectivity index (χ0v) is 17.4. The molecular weight excluding hydrogens is 446 g/mol. The van der Waals surface area contributed by atoms with Crippen LogP contribution in [0, 0.1) is 0 Å². The average Bonchev–Trinajstić information content (AvgIpc) is 3.30. The molecule has 2 aromatic heterocycles. The van der Waals surface area contributed by atoms with E-state index in [2.05, 4.69) is 15.3 Å². The molecule has 1 aromatic carbocycles. The van der Waals surface area contributed by atoms with Crippen molar-refractivity contribution in [2.24, 2.45) is 4.99 Å². The molecule has 0 spiro atoms. The van der Waals surface area contributed by atoms with E-state index in [1.54, 1.807) is 30.5 Å². The number of nitrogens with zero attached hydrogens (tertiary/aromatic N) is 2. The number of rotatable bonds is 5. The first-order valence-corrected chi connectivity index (χ1v) is 10.5. The van der Waals surface area contributed by atoms with Crippen LogP contribution in [0.1, 0.15) is 16.1 Å². The fourth-order valence-electron chi connectivity index (χ4n) is 2.45. The van der Waals surface area contributed by atoms with Gasteiger partial charge in [0, 0.05) is 12.3 Å². The second-order valence-electron chi connectivity index (χ2n) is 5.88. The van der Waals surface area contributed by atoms with Gasteiger partial charge in [-0.2, -0.15) is 0 Å². The van der Waals surface area contributed by atoms with Crippen molar-refractivity contribution < 1.29 is 19.1 Å². The molecule has 0 aliphatic carbocycles. The number of carbonyl (C=O) groups excluding carboxylic acids is 1. The van der Waals surface area contributed by atoms with Gasteiger partial charge in [0.1, 0.15) is 10.8 Å². The smallest absolute Gasteiger partial charge is 0.337 e. The number of halogens is 1. The fraction of sp³-hybridized carbons (Fsp3) is 0. The molecule has 10 heteroatoms. The molecule has 1 aliphatic heterocycles. The number of amides is 1. The number of aromatic carboxylic acids is 1. The average molecular weight is 458 g/mol. The van der Waals surface area contributed by atoms with Crippen molar-refractivity contribution in [1.29, 1.82) is 0 Å². The number of pyridine rings is 1. The van der Waals surface area contributed by atoms with E-state index >= 15 is 0 Å². The molecule has 1 aliphatic rings. The van der Waals surface area contributed by atoms with Gasteiger partial charge < -0.3 is 14.8 Å². The van der Waals surface area contributed by atoms with E-state index in [-0.39, 0.29) is 16.5 Å². The third-order valence-corrected chi connectivity index (χ3v) is 5.89. The lowest BCUT2D eigenvalue weighted by atomic mass is 10.2. The van der Waals surface area contributed by atoms with Crippen LogP contribution in [0.15, 0.2) is 79.2 Å². The quantitative estimate of drug-likeness (QED) is 0.515. The molecule has 0 unspecified atom stereocenters. The van der Waals surface area contributed by atoms with Crippen LogP contribution in [0.25, 0.3) is 6.08 Å². The van der Waals surface area contributed by atoms with Gasteiger partial charge in [-0.3, -0.25) is 4.79 Å². The predicted molar refractivity (Wildman–Crippen MR) is 116 cm³/mol. The maximum absolute atomic E-state index is 12.3. The minimum absolute atomic E-state index is 0.0582. The van der Waals surface area contributed by atoms with Crippen LogP contribution >= 0.6 is 35.1 Å². The van der Waals surface area contributed by atoms with Crippen LogP contribution in [0.3, 0.4) is 0 Å². The van der Waals surface area contributed by atoms with Gasteiger partial charge in [-0.25, -0.2) is 14.8 Å². The van der Waals surface area contributed by atoms with Crippen molar-refractivity contribution in [3.63, 3.8) is 0 Å². The maximum atomic E-state index is 12.3. The van der Waals surface area contributed by atoms with Gasteiger partial charge in [0.15, 0.2) is 10.3 Å². The highest BCUT2D eigenvalue weighted by atomic mass is 35.5. The van der Waals surface area contributed by atoms with E-state index in [1.807, 2.05) is 18.2 Å². The topological polar surface area (TPSA) is 105 Å². The molecule has 150 valence electrons. The molecule has 2 N–H and O–H groups in total. The molecular formula is C20H12ClN3O4S2.